The van der Waals surface area contributed by atoms with E-state index in [1.807, 2.05) is 23.1 Å². The van der Waals surface area contributed by atoms with Crippen LogP contribution in [0.5, 0.6) is 0 Å². The smallest absolute Gasteiger partial charge is 0.393 e. The van der Waals surface area contributed by atoms with Crippen LogP contribution in [0.1, 0.15) is 36.0 Å². The fourth-order valence-electron chi connectivity index (χ4n) is 4.38. The number of carbonyl (C=O) groups excluding carboxylic acids is 1. The summed E-state index contributed by atoms with van der Waals surface area (Å²) in [6, 6.07) is 11.0. The van der Waals surface area contributed by atoms with E-state index in [9.17, 15) is 23.1 Å². The number of aryl methyl sites for hydroxylation is 1. The van der Waals surface area contributed by atoms with Crippen molar-refractivity contribution in [2.75, 3.05) is 23.3 Å². The highest BCUT2D eigenvalue weighted by Crippen LogP contribution is 2.32. The number of aliphatic hydroxyl groups is 1. The van der Waals surface area contributed by atoms with Crippen molar-refractivity contribution in [1.29, 1.82) is 0 Å². The Morgan fingerprint density at radius 2 is 1.73 bits per heavy atom. The minimum atomic E-state index is -4.34. The third kappa shape index (κ3) is 4.46. The molecule has 0 spiro atoms. The van der Waals surface area contributed by atoms with Crippen LogP contribution in [0.15, 0.2) is 42.5 Å². The number of rotatable bonds is 3. The normalized spacial score (nSPS) is 20.0. The van der Waals surface area contributed by atoms with Crippen LogP contribution >= 0.6 is 0 Å². The van der Waals surface area contributed by atoms with E-state index in [0.717, 1.165) is 41.9 Å². The molecular weight excluding hydrogens is 393 g/mol. The Kier molecular flexibility index (Phi) is 5.73. The van der Waals surface area contributed by atoms with E-state index in [0.29, 0.717) is 32.4 Å². The molecule has 2 aliphatic rings. The molecule has 1 fully saturated rings. The van der Waals surface area contributed by atoms with Gasteiger partial charge in [0.1, 0.15) is 0 Å². The van der Waals surface area contributed by atoms with E-state index in [2.05, 4.69) is 5.32 Å². The first-order valence-electron chi connectivity index (χ1n) is 10.3. The SMILES string of the molecule is O=C(Nc1cccc2c1CC(O)CC2)C1CCN(c2ccc(C(F)(F)F)cc2)CC1. The second kappa shape index (κ2) is 8.30. The Hall–Kier alpha value is -2.54. The third-order valence-corrected chi connectivity index (χ3v) is 6.14. The van der Waals surface area contributed by atoms with E-state index in [4.69, 9.17) is 0 Å². The fraction of sp³-hybridized carbons (Fsp3) is 0.435. The summed E-state index contributed by atoms with van der Waals surface area (Å²) in [4.78, 5) is 14.8. The molecule has 0 bridgehead atoms. The summed E-state index contributed by atoms with van der Waals surface area (Å²) in [6.45, 7) is 1.24. The van der Waals surface area contributed by atoms with Crippen LogP contribution in [0.2, 0.25) is 0 Å². The van der Waals surface area contributed by atoms with Crippen LogP contribution in [0.25, 0.3) is 0 Å². The van der Waals surface area contributed by atoms with Crippen LogP contribution in [-0.2, 0) is 23.8 Å². The van der Waals surface area contributed by atoms with Crippen LogP contribution < -0.4 is 10.2 Å². The minimum absolute atomic E-state index is 0.0319. The number of alkyl halides is 3. The Bertz CT molecular complexity index is 904. The lowest BCUT2D eigenvalue weighted by Gasteiger charge is -2.33. The zero-order valence-electron chi connectivity index (χ0n) is 16.6. The van der Waals surface area contributed by atoms with Crippen molar-refractivity contribution in [3.63, 3.8) is 0 Å². The number of anilines is 2. The van der Waals surface area contributed by atoms with Gasteiger partial charge in [0.2, 0.25) is 5.91 Å². The number of hydrogen-bond donors (Lipinski definition) is 2. The molecule has 1 atom stereocenters. The van der Waals surface area contributed by atoms with Gasteiger partial charge in [0.25, 0.3) is 0 Å². The Morgan fingerprint density at radius 1 is 1.03 bits per heavy atom. The molecule has 1 aliphatic heterocycles. The van der Waals surface area contributed by atoms with Gasteiger partial charge in [0, 0.05) is 36.8 Å². The highest BCUT2D eigenvalue weighted by Gasteiger charge is 2.31. The van der Waals surface area contributed by atoms with Crippen molar-refractivity contribution in [1.82, 2.24) is 0 Å². The number of nitrogens with one attached hydrogen (secondary N) is 1. The molecular formula is C23H25F3N2O2. The van der Waals surface area contributed by atoms with Gasteiger partial charge in [0.15, 0.2) is 0 Å². The zero-order chi connectivity index (χ0) is 21.3. The van der Waals surface area contributed by atoms with Crippen molar-refractivity contribution < 1.29 is 23.1 Å². The lowest BCUT2D eigenvalue weighted by atomic mass is 9.88. The van der Waals surface area contributed by atoms with Gasteiger partial charge in [-0.25, -0.2) is 0 Å². The third-order valence-electron chi connectivity index (χ3n) is 6.14. The molecule has 2 aromatic carbocycles. The molecule has 4 nitrogen and oxygen atoms in total. The molecule has 1 heterocycles. The number of amides is 1. The van der Waals surface area contributed by atoms with Gasteiger partial charge in [-0.05, 0) is 67.1 Å². The maximum atomic E-state index is 12.8. The first kappa shape index (κ1) is 20.7. The second-order valence-electron chi connectivity index (χ2n) is 8.14. The standard InChI is InChI=1S/C23H25F3N2O2/c24-23(25,26)17-5-7-18(8-6-17)28-12-10-16(11-13-28)22(30)27-21-3-1-2-15-4-9-19(29)14-20(15)21/h1-3,5-8,16,19,29H,4,9-14H2,(H,27,30). The van der Waals surface area contributed by atoms with Gasteiger partial charge in [-0.2, -0.15) is 13.2 Å². The molecule has 0 radical (unpaired) electrons. The van der Waals surface area contributed by atoms with Crippen molar-refractivity contribution in [2.24, 2.45) is 5.92 Å². The van der Waals surface area contributed by atoms with Crippen LogP contribution in [0.4, 0.5) is 24.5 Å². The van der Waals surface area contributed by atoms with Gasteiger partial charge in [0.05, 0.1) is 11.7 Å². The molecule has 0 saturated carbocycles. The predicted molar refractivity (Wildman–Crippen MR) is 109 cm³/mol. The van der Waals surface area contributed by atoms with Crippen molar-refractivity contribution in [3.8, 4) is 0 Å². The average Bonchev–Trinajstić information content (AvgIpc) is 2.74. The first-order chi connectivity index (χ1) is 14.3. The quantitative estimate of drug-likeness (QED) is 0.777. The molecule has 30 heavy (non-hydrogen) atoms. The largest absolute Gasteiger partial charge is 0.416 e. The Balaban J connectivity index is 1.36. The van der Waals surface area contributed by atoms with Gasteiger partial charge >= 0.3 is 6.18 Å². The molecule has 1 saturated heterocycles. The van der Waals surface area contributed by atoms with E-state index in [1.165, 1.54) is 17.7 Å². The number of carbonyl (C=O) groups is 1. The lowest BCUT2D eigenvalue weighted by Crippen LogP contribution is -2.38. The van der Waals surface area contributed by atoms with E-state index in [-0.39, 0.29) is 17.9 Å². The molecule has 2 aromatic rings. The van der Waals surface area contributed by atoms with Crippen LogP contribution in [-0.4, -0.2) is 30.2 Å². The summed E-state index contributed by atoms with van der Waals surface area (Å²) in [5.41, 5.74) is 3.06. The summed E-state index contributed by atoms with van der Waals surface area (Å²) in [5.74, 6) is -0.171. The average molecular weight is 418 g/mol. The highest BCUT2D eigenvalue weighted by atomic mass is 19.4. The topological polar surface area (TPSA) is 52.6 Å². The monoisotopic (exact) mass is 418 g/mol. The van der Waals surface area contributed by atoms with E-state index < -0.39 is 11.7 Å². The molecule has 160 valence electrons. The predicted octanol–water partition coefficient (Wildman–Crippen LogP) is 4.41. The molecule has 2 N–H and O–H groups in total. The molecule has 1 amide bonds. The van der Waals surface area contributed by atoms with Gasteiger partial charge < -0.3 is 15.3 Å². The number of benzene rings is 2. The maximum Gasteiger partial charge on any atom is 0.416 e. The van der Waals surface area contributed by atoms with Crippen LogP contribution in [0, 0.1) is 5.92 Å². The number of fused-ring (bicyclic) bond motifs is 1. The Labute approximate surface area is 173 Å². The molecule has 0 aromatic heterocycles. The number of aliphatic hydroxyl groups excluding tert-OH is 1. The Morgan fingerprint density at radius 3 is 2.40 bits per heavy atom. The summed E-state index contributed by atoms with van der Waals surface area (Å²) < 4.78 is 38.2. The summed E-state index contributed by atoms with van der Waals surface area (Å²) >= 11 is 0. The van der Waals surface area contributed by atoms with Crippen molar-refractivity contribution in [3.05, 3.63) is 59.2 Å². The maximum absolute atomic E-state index is 12.8. The number of piperidine rings is 1. The van der Waals surface area contributed by atoms with Crippen LogP contribution in [0.3, 0.4) is 0 Å². The highest BCUT2D eigenvalue weighted by molar-refractivity contribution is 5.93. The van der Waals surface area contributed by atoms with E-state index in [1.54, 1.807) is 0 Å². The van der Waals surface area contributed by atoms with E-state index >= 15 is 0 Å². The fourth-order valence-corrected chi connectivity index (χ4v) is 4.38. The first-order valence-corrected chi connectivity index (χ1v) is 10.3. The van der Waals surface area contributed by atoms with Crippen molar-refractivity contribution in [2.45, 2.75) is 44.4 Å². The molecule has 1 unspecified atom stereocenters. The lowest BCUT2D eigenvalue weighted by molar-refractivity contribution is -0.137. The number of halogens is 3. The zero-order valence-corrected chi connectivity index (χ0v) is 16.6. The molecule has 4 rings (SSSR count). The summed E-state index contributed by atoms with van der Waals surface area (Å²) in [5, 5.41) is 13.0. The van der Waals surface area contributed by atoms with Gasteiger partial charge in [-0.1, -0.05) is 12.1 Å². The molecule has 1 aliphatic carbocycles. The summed E-state index contributed by atoms with van der Waals surface area (Å²) in [7, 11) is 0. The summed E-state index contributed by atoms with van der Waals surface area (Å²) in [6.07, 6.45) is -1.32. The van der Waals surface area contributed by atoms with Gasteiger partial charge in [-0.3, -0.25) is 4.79 Å². The number of nitrogens with zero attached hydrogens (tertiary/aromatic N) is 1. The second-order valence-corrected chi connectivity index (χ2v) is 8.14. The minimum Gasteiger partial charge on any atom is -0.393 e. The van der Waals surface area contributed by atoms with Gasteiger partial charge in [-0.15, -0.1) is 0 Å². The van der Waals surface area contributed by atoms with Crippen molar-refractivity contribution >= 4 is 17.3 Å². The molecule has 7 heteroatoms. The number of hydrogen-bond acceptors (Lipinski definition) is 3.